The van der Waals surface area contributed by atoms with E-state index in [2.05, 4.69) is 19.2 Å². The van der Waals surface area contributed by atoms with Gasteiger partial charge in [-0.1, -0.05) is 32.0 Å². The molecule has 2 fully saturated rings. The molecule has 0 radical (unpaired) electrons. The van der Waals surface area contributed by atoms with Crippen LogP contribution in [0.3, 0.4) is 0 Å². The predicted octanol–water partition coefficient (Wildman–Crippen LogP) is 2.03. The Kier molecular flexibility index (Phi) is 5.60. The highest BCUT2D eigenvalue weighted by molar-refractivity contribution is 7.91. The van der Waals surface area contributed by atoms with Gasteiger partial charge >= 0.3 is 0 Å². The van der Waals surface area contributed by atoms with Gasteiger partial charge in [-0.25, -0.2) is 8.42 Å². The summed E-state index contributed by atoms with van der Waals surface area (Å²) < 4.78 is 23.3. The third kappa shape index (κ3) is 4.18. The van der Waals surface area contributed by atoms with E-state index in [1.54, 1.807) is 11.9 Å². The van der Waals surface area contributed by atoms with Crippen molar-refractivity contribution in [3.63, 3.8) is 0 Å². The zero-order valence-corrected chi connectivity index (χ0v) is 17.0. The van der Waals surface area contributed by atoms with Crippen LogP contribution < -0.4 is 5.32 Å². The number of hydrogen-bond donors (Lipinski definition) is 1. The lowest BCUT2D eigenvalue weighted by Gasteiger charge is -2.23. The number of sulfone groups is 1. The second-order valence-electron chi connectivity index (χ2n) is 7.60. The molecule has 0 aromatic heterocycles. The van der Waals surface area contributed by atoms with Crippen molar-refractivity contribution in [3.05, 3.63) is 29.3 Å². The van der Waals surface area contributed by atoms with Gasteiger partial charge in [0.2, 0.25) is 11.8 Å². The molecule has 3 unspecified atom stereocenters. The molecule has 6 nitrogen and oxygen atoms in total. The molecule has 1 aliphatic heterocycles. The number of carbonyl (C=O) groups excluding carboxylic acids is 2. The first-order valence-corrected chi connectivity index (χ1v) is 11.5. The maximum Gasteiger partial charge on any atom is 0.228 e. The second-order valence-corrected chi connectivity index (χ2v) is 9.83. The van der Waals surface area contributed by atoms with E-state index in [1.807, 2.05) is 18.2 Å². The highest BCUT2D eigenvalue weighted by atomic mass is 32.2. The Morgan fingerprint density at radius 3 is 2.30 bits per heavy atom. The van der Waals surface area contributed by atoms with Gasteiger partial charge in [-0.3, -0.25) is 9.59 Å². The minimum absolute atomic E-state index is 0.0303. The molecule has 7 heteroatoms. The minimum Gasteiger partial charge on any atom is -0.341 e. The normalized spacial score (nSPS) is 25.8. The number of nitrogens with one attached hydrogen (secondary N) is 1. The molecule has 1 heterocycles. The van der Waals surface area contributed by atoms with Crippen LogP contribution in [0.4, 0.5) is 5.69 Å². The zero-order valence-electron chi connectivity index (χ0n) is 16.2. The van der Waals surface area contributed by atoms with Crippen molar-refractivity contribution >= 4 is 27.3 Å². The number of nitrogens with zero attached hydrogens (tertiary/aromatic N) is 1. The molecular formula is C20H28N2O4S. The van der Waals surface area contributed by atoms with E-state index in [0.717, 1.165) is 29.7 Å². The molecule has 1 saturated carbocycles. The lowest BCUT2D eigenvalue weighted by atomic mass is 10.0. The lowest BCUT2D eigenvalue weighted by molar-refractivity contribution is -0.134. The second kappa shape index (κ2) is 7.62. The van der Waals surface area contributed by atoms with Gasteiger partial charge in [-0.2, -0.15) is 0 Å². The van der Waals surface area contributed by atoms with E-state index in [1.165, 1.54) is 0 Å². The molecule has 3 rings (SSSR count). The van der Waals surface area contributed by atoms with E-state index in [9.17, 15) is 18.0 Å². The summed E-state index contributed by atoms with van der Waals surface area (Å²) in [6.45, 7) is 4.11. The summed E-state index contributed by atoms with van der Waals surface area (Å²) in [6.07, 6.45) is 2.67. The van der Waals surface area contributed by atoms with E-state index < -0.39 is 9.84 Å². The number of amides is 2. The Labute approximate surface area is 161 Å². The van der Waals surface area contributed by atoms with Gasteiger partial charge in [0.1, 0.15) is 0 Å². The molecular weight excluding hydrogens is 364 g/mol. The molecule has 148 valence electrons. The van der Waals surface area contributed by atoms with Crippen molar-refractivity contribution in [1.82, 2.24) is 4.90 Å². The summed E-state index contributed by atoms with van der Waals surface area (Å²) in [5.41, 5.74) is 3.07. The van der Waals surface area contributed by atoms with Crippen molar-refractivity contribution in [2.24, 2.45) is 11.8 Å². The average molecular weight is 393 g/mol. The number of benzene rings is 1. The number of anilines is 1. The van der Waals surface area contributed by atoms with Crippen LogP contribution in [0.5, 0.6) is 0 Å². The van der Waals surface area contributed by atoms with Crippen molar-refractivity contribution in [1.29, 1.82) is 0 Å². The van der Waals surface area contributed by atoms with Gasteiger partial charge in [0.15, 0.2) is 9.84 Å². The van der Waals surface area contributed by atoms with Crippen LogP contribution in [0.25, 0.3) is 0 Å². The van der Waals surface area contributed by atoms with Crippen molar-refractivity contribution in [3.8, 4) is 0 Å². The molecule has 2 amide bonds. The third-order valence-corrected chi connectivity index (χ3v) is 7.55. The van der Waals surface area contributed by atoms with E-state index in [-0.39, 0.29) is 41.2 Å². The Balaban J connectivity index is 1.63. The molecule has 1 saturated heterocycles. The smallest absolute Gasteiger partial charge is 0.228 e. The summed E-state index contributed by atoms with van der Waals surface area (Å²) in [6, 6.07) is 5.76. The summed E-state index contributed by atoms with van der Waals surface area (Å²) in [4.78, 5) is 26.9. The van der Waals surface area contributed by atoms with Gasteiger partial charge in [-0.15, -0.1) is 0 Å². The highest BCUT2D eigenvalue weighted by Gasteiger charge is 2.50. The highest BCUT2D eigenvalue weighted by Crippen LogP contribution is 2.41. The Bertz CT molecular complexity index is 827. The lowest BCUT2D eigenvalue weighted by Crippen LogP contribution is -2.39. The van der Waals surface area contributed by atoms with Crippen LogP contribution in [-0.4, -0.2) is 49.7 Å². The number of hydrogen-bond acceptors (Lipinski definition) is 4. The number of para-hydroxylation sites is 1. The van der Waals surface area contributed by atoms with Gasteiger partial charge in [0.25, 0.3) is 0 Å². The summed E-state index contributed by atoms with van der Waals surface area (Å²) in [5.74, 6) is -0.724. The Hall–Kier alpha value is -1.89. The molecule has 1 aliphatic carbocycles. The zero-order chi connectivity index (χ0) is 19.8. The van der Waals surface area contributed by atoms with Crippen molar-refractivity contribution in [2.45, 2.75) is 45.6 Å². The van der Waals surface area contributed by atoms with E-state index >= 15 is 0 Å². The van der Waals surface area contributed by atoms with E-state index in [0.29, 0.717) is 12.8 Å². The quantitative estimate of drug-likeness (QED) is 0.803. The van der Waals surface area contributed by atoms with Gasteiger partial charge in [-0.05, 0) is 36.8 Å². The molecule has 1 N–H and O–H groups in total. The Morgan fingerprint density at radius 1 is 1.15 bits per heavy atom. The SMILES string of the molecule is CCc1cccc(CC)c1NC(=O)C1CC1C(=O)N(C)C1CCS(=O)(=O)C1. The molecule has 1 aromatic carbocycles. The molecule has 1 aromatic rings. The molecule has 2 aliphatic rings. The van der Waals surface area contributed by atoms with Crippen LogP contribution in [0.2, 0.25) is 0 Å². The number of aryl methyl sites for hydroxylation is 2. The summed E-state index contributed by atoms with van der Waals surface area (Å²) in [5, 5.41) is 3.04. The van der Waals surface area contributed by atoms with Gasteiger partial charge < -0.3 is 10.2 Å². The predicted molar refractivity (Wildman–Crippen MR) is 105 cm³/mol. The fraction of sp³-hybridized carbons (Fsp3) is 0.600. The first-order valence-electron chi connectivity index (χ1n) is 9.66. The standard InChI is InChI=1S/C20H28N2O4S/c1-4-13-7-6-8-14(5-2)18(13)21-19(23)16-11-17(16)20(24)22(3)15-9-10-27(25,26)12-15/h6-8,15-17H,4-5,9-12H2,1-3H3,(H,21,23). The average Bonchev–Trinajstić information content (AvgIpc) is 3.37. The Morgan fingerprint density at radius 2 is 1.78 bits per heavy atom. The number of carbonyl (C=O) groups is 2. The third-order valence-electron chi connectivity index (χ3n) is 5.80. The molecule has 0 spiro atoms. The first-order chi connectivity index (χ1) is 12.8. The molecule has 27 heavy (non-hydrogen) atoms. The minimum atomic E-state index is -3.04. The van der Waals surface area contributed by atoms with Crippen LogP contribution in [0, 0.1) is 11.8 Å². The van der Waals surface area contributed by atoms with Crippen molar-refractivity contribution < 1.29 is 18.0 Å². The molecule has 0 bridgehead atoms. The monoisotopic (exact) mass is 392 g/mol. The molecule has 3 atom stereocenters. The first kappa shape index (κ1) is 19.9. The van der Waals surface area contributed by atoms with Crippen LogP contribution in [0.1, 0.15) is 37.8 Å². The van der Waals surface area contributed by atoms with Crippen LogP contribution in [-0.2, 0) is 32.3 Å². The van der Waals surface area contributed by atoms with Crippen LogP contribution >= 0.6 is 0 Å². The summed E-state index contributed by atoms with van der Waals surface area (Å²) in [7, 11) is -1.38. The fourth-order valence-electron chi connectivity index (χ4n) is 3.90. The largest absolute Gasteiger partial charge is 0.341 e. The van der Waals surface area contributed by atoms with E-state index in [4.69, 9.17) is 0 Å². The van der Waals surface area contributed by atoms with Gasteiger partial charge in [0, 0.05) is 18.8 Å². The van der Waals surface area contributed by atoms with Gasteiger partial charge in [0.05, 0.1) is 23.3 Å². The number of rotatable bonds is 6. The van der Waals surface area contributed by atoms with Crippen LogP contribution in [0.15, 0.2) is 18.2 Å². The summed E-state index contributed by atoms with van der Waals surface area (Å²) >= 11 is 0. The fourth-order valence-corrected chi connectivity index (χ4v) is 5.67. The maximum atomic E-state index is 12.7. The maximum absolute atomic E-state index is 12.7. The van der Waals surface area contributed by atoms with Crippen molar-refractivity contribution in [2.75, 3.05) is 23.9 Å². The topological polar surface area (TPSA) is 83.6 Å².